The van der Waals surface area contributed by atoms with E-state index in [0.29, 0.717) is 0 Å². The number of nitrogens with zero attached hydrogens (tertiary/aromatic N) is 1. The Morgan fingerprint density at radius 1 is 1.07 bits per heavy atom. The van der Waals surface area contributed by atoms with Crippen molar-refractivity contribution in [3.05, 3.63) is 67.0 Å². The van der Waals surface area contributed by atoms with E-state index in [9.17, 15) is 0 Å². The van der Waals surface area contributed by atoms with Crippen LogP contribution in [0.1, 0.15) is 5.56 Å². The van der Waals surface area contributed by atoms with Crippen molar-refractivity contribution in [2.45, 2.75) is 6.42 Å². The molecule has 1 aromatic carbocycles. The Hall–Kier alpha value is -1.83. The Bertz CT molecular complexity index is 346. The minimum atomic E-state index is 0.767. The molecule has 2 heteroatoms. The van der Waals surface area contributed by atoms with Gasteiger partial charge >= 0.3 is 0 Å². The summed E-state index contributed by atoms with van der Waals surface area (Å²) in [4.78, 5) is 4.03. The molecule has 2 nitrogen and oxygen atoms in total. The van der Waals surface area contributed by atoms with Gasteiger partial charge in [0.15, 0.2) is 0 Å². The predicted octanol–water partition coefficient (Wildman–Crippen LogP) is 2.86. The Morgan fingerprint density at radius 3 is 2.67 bits per heavy atom. The van der Waals surface area contributed by atoms with Gasteiger partial charge in [-0.05, 0) is 23.8 Å². The van der Waals surface area contributed by atoms with E-state index in [0.717, 1.165) is 17.7 Å². The summed E-state index contributed by atoms with van der Waals surface area (Å²) in [7, 11) is 0. The first-order valence-corrected chi connectivity index (χ1v) is 4.87. The molecule has 0 unspecified atom stereocenters. The van der Waals surface area contributed by atoms with E-state index >= 15 is 0 Å². The minimum Gasteiger partial charge on any atom is -0.486 e. The van der Waals surface area contributed by atoms with Crippen LogP contribution < -0.4 is 4.74 Å². The molecular formula is C13H12NO. The van der Waals surface area contributed by atoms with Crippen molar-refractivity contribution in [1.82, 2.24) is 4.98 Å². The van der Waals surface area contributed by atoms with Crippen LogP contribution in [0.3, 0.4) is 0 Å². The predicted molar refractivity (Wildman–Crippen MR) is 59.3 cm³/mol. The van der Waals surface area contributed by atoms with E-state index < -0.39 is 0 Å². The molecule has 1 radical (unpaired) electrons. The highest BCUT2D eigenvalue weighted by atomic mass is 16.5. The van der Waals surface area contributed by atoms with E-state index in [4.69, 9.17) is 4.74 Å². The van der Waals surface area contributed by atoms with Gasteiger partial charge in [0.25, 0.3) is 0 Å². The summed E-state index contributed by atoms with van der Waals surface area (Å²) in [6, 6.07) is 13.7. The second-order valence-corrected chi connectivity index (χ2v) is 3.16. The lowest BCUT2D eigenvalue weighted by Gasteiger charge is -2.04. The molecule has 0 aliphatic carbocycles. The molecule has 2 rings (SSSR count). The maximum Gasteiger partial charge on any atom is 0.140 e. The maximum atomic E-state index is 5.46. The second-order valence-electron chi connectivity index (χ2n) is 3.16. The summed E-state index contributed by atoms with van der Waals surface area (Å²) in [5.74, 6) is 0.862. The average molecular weight is 198 g/mol. The fraction of sp³-hybridized carbons (Fsp3) is 0.0769. The van der Waals surface area contributed by atoms with Crippen LogP contribution in [0.5, 0.6) is 5.75 Å². The first-order chi connectivity index (χ1) is 7.45. The summed E-state index contributed by atoms with van der Waals surface area (Å²) in [6.45, 7) is 1.78. The van der Waals surface area contributed by atoms with E-state index in [1.165, 1.54) is 0 Å². The lowest BCUT2D eigenvalue weighted by molar-refractivity contribution is 0.401. The van der Waals surface area contributed by atoms with Crippen molar-refractivity contribution in [2.75, 3.05) is 0 Å². The van der Waals surface area contributed by atoms with Crippen LogP contribution in [0.25, 0.3) is 0 Å². The van der Waals surface area contributed by atoms with Crippen molar-refractivity contribution in [3.8, 4) is 5.75 Å². The maximum absolute atomic E-state index is 5.46. The number of hydrogen-bond acceptors (Lipinski definition) is 2. The Morgan fingerprint density at radius 2 is 1.93 bits per heavy atom. The topological polar surface area (TPSA) is 22.1 Å². The van der Waals surface area contributed by atoms with Crippen LogP contribution in [0.4, 0.5) is 0 Å². The molecule has 0 spiro atoms. The largest absolute Gasteiger partial charge is 0.486 e. The zero-order chi connectivity index (χ0) is 10.3. The van der Waals surface area contributed by atoms with Gasteiger partial charge in [-0.3, -0.25) is 4.98 Å². The number of benzene rings is 1. The number of hydrogen-bond donors (Lipinski definition) is 0. The fourth-order valence-electron chi connectivity index (χ4n) is 1.25. The Labute approximate surface area is 89.6 Å². The molecule has 0 N–H and O–H groups in total. The minimum absolute atomic E-state index is 0.767. The zero-order valence-corrected chi connectivity index (χ0v) is 8.34. The van der Waals surface area contributed by atoms with Crippen molar-refractivity contribution >= 4 is 0 Å². The standard InChI is InChI=1S/C13H12NO/c1-2-6-13(7-3-1)15-10-8-12-5-4-9-14-11-12/h1-7,9-11H,8H2. The molecule has 1 heterocycles. The summed E-state index contributed by atoms with van der Waals surface area (Å²) in [5, 5.41) is 0. The molecule has 2 aromatic rings. The van der Waals surface area contributed by atoms with Crippen LogP contribution in [0.2, 0.25) is 0 Å². The molecule has 15 heavy (non-hydrogen) atoms. The monoisotopic (exact) mass is 198 g/mol. The van der Waals surface area contributed by atoms with Gasteiger partial charge in [-0.1, -0.05) is 24.3 Å². The number of rotatable bonds is 4. The van der Waals surface area contributed by atoms with Gasteiger partial charge in [-0.2, -0.15) is 0 Å². The second kappa shape index (κ2) is 5.15. The van der Waals surface area contributed by atoms with Crippen molar-refractivity contribution in [1.29, 1.82) is 0 Å². The molecule has 0 fully saturated rings. The molecule has 0 amide bonds. The zero-order valence-electron chi connectivity index (χ0n) is 8.34. The number of ether oxygens (including phenoxy) is 1. The number of para-hydroxylation sites is 1. The molecule has 0 saturated carbocycles. The quantitative estimate of drug-likeness (QED) is 0.753. The van der Waals surface area contributed by atoms with Crippen LogP contribution >= 0.6 is 0 Å². The van der Waals surface area contributed by atoms with E-state index in [2.05, 4.69) is 4.98 Å². The molecule has 0 aliphatic rings. The molecule has 0 atom stereocenters. The van der Waals surface area contributed by atoms with Gasteiger partial charge in [0.05, 0.1) is 0 Å². The molecular weight excluding hydrogens is 186 g/mol. The van der Waals surface area contributed by atoms with Gasteiger partial charge in [0.2, 0.25) is 0 Å². The number of pyridine rings is 1. The molecule has 1 aromatic heterocycles. The average Bonchev–Trinajstić information content (AvgIpc) is 2.32. The highest BCUT2D eigenvalue weighted by Crippen LogP contribution is 2.10. The third-order valence-corrected chi connectivity index (χ3v) is 2.00. The smallest absolute Gasteiger partial charge is 0.140 e. The highest BCUT2D eigenvalue weighted by molar-refractivity contribution is 5.22. The fourth-order valence-corrected chi connectivity index (χ4v) is 1.25. The summed E-state index contributed by atoms with van der Waals surface area (Å²) < 4.78 is 5.46. The van der Waals surface area contributed by atoms with Crippen molar-refractivity contribution in [3.63, 3.8) is 0 Å². The first-order valence-electron chi connectivity index (χ1n) is 4.87. The van der Waals surface area contributed by atoms with E-state index in [1.54, 1.807) is 12.8 Å². The molecule has 0 bridgehead atoms. The highest BCUT2D eigenvalue weighted by Gasteiger charge is 1.94. The van der Waals surface area contributed by atoms with Gasteiger partial charge in [0.1, 0.15) is 12.4 Å². The third kappa shape index (κ3) is 3.09. The van der Waals surface area contributed by atoms with Gasteiger partial charge in [-0.25, -0.2) is 0 Å². The molecule has 75 valence electrons. The lowest BCUT2D eigenvalue weighted by atomic mass is 10.2. The van der Waals surface area contributed by atoms with Crippen molar-refractivity contribution < 1.29 is 4.74 Å². The van der Waals surface area contributed by atoms with Crippen LogP contribution in [-0.2, 0) is 6.42 Å². The van der Waals surface area contributed by atoms with Gasteiger partial charge < -0.3 is 4.74 Å². The molecule has 0 aliphatic heterocycles. The summed E-state index contributed by atoms with van der Waals surface area (Å²) >= 11 is 0. The van der Waals surface area contributed by atoms with E-state index in [1.807, 2.05) is 48.7 Å². The normalized spacial score (nSPS) is 9.87. The van der Waals surface area contributed by atoms with E-state index in [-0.39, 0.29) is 0 Å². The first kappa shape index (κ1) is 9.71. The van der Waals surface area contributed by atoms with Crippen LogP contribution in [0, 0.1) is 6.61 Å². The summed E-state index contributed by atoms with van der Waals surface area (Å²) in [6.07, 6.45) is 4.37. The van der Waals surface area contributed by atoms with Gasteiger partial charge in [-0.15, -0.1) is 0 Å². The SMILES string of the molecule is [CH](Cc1cccnc1)Oc1ccccc1. The third-order valence-electron chi connectivity index (χ3n) is 2.00. The lowest BCUT2D eigenvalue weighted by Crippen LogP contribution is -1.94. The van der Waals surface area contributed by atoms with Gasteiger partial charge in [0, 0.05) is 18.8 Å². The van der Waals surface area contributed by atoms with Crippen LogP contribution in [-0.4, -0.2) is 4.98 Å². The summed E-state index contributed by atoms with van der Waals surface area (Å²) in [5.41, 5.74) is 1.15. The number of aromatic nitrogens is 1. The Balaban J connectivity index is 1.81. The van der Waals surface area contributed by atoms with Crippen LogP contribution in [0.15, 0.2) is 54.9 Å². The molecule has 0 saturated heterocycles. The van der Waals surface area contributed by atoms with Crippen molar-refractivity contribution in [2.24, 2.45) is 0 Å². The Kier molecular flexibility index (Phi) is 3.34.